The van der Waals surface area contributed by atoms with E-state index in [9.17, 15) is 14.4 Å². The maximum absolute atomic E-state index is 13.5. The summed E-state index contributed by atoms with van der Waals surface area (Å²) in [7, 11) is 1.81. The molecule has 1 aliphatic heterocycles. The molecule has 1 aliphatic carbocycles. The molecule has 2 heterocycles. The molecule has 0 spiro atoms. The van der Waals surface area contributed by atoms with Gasteiger partial charge in [-0.2, -0.15) is 0 Å². The highest BCUT2D eigenvalue weighted by atomic mass is 16.2. The highest BCUT2D eigenvalue weighted by molar-refractivity contribution is 6.22. The van der Waals surface area contributed by atoms with Gasteiger partial charge in [-0.15, -0.1) is 0 Å². The summed E-state index contributed by atoms with van der Waals surface area (Å²) in [6, 6.07) is 10.8. The standard InChI is InChI=1S/C28H37N5O3/c1-27(2,3)20-11-13-22(14-12-20)33-24(34)28(4,5)32(26(33)36)18-19-15-16-29-23(17-19)30-25(35)31(6)21-9-7-8-10-21/h11-17,21H,7-10,18H2,1-6H3,(H,29,30,35). The lowest BCUT2D eigenvalue weighted by atomic mass is 9.87. The van der Waals surface area contributed by atoms with E-state index in [2.05, 4.69) is 31.1 Å². The fourth-order valence-corrected chi connectivity index (χ4v) is 4.92. The molecule has 4 rings (SSSR count). The summed E-state index contributed by atoms with van der Waals surface area (Å²) in [5.74, 6) is 0.157. The normalized spacial score (nSPS) is 18.2. The topological polar surface area (TPSA) is 85.9 Å². The monoisotopic (exact) mass is 491 g/mol. The molecule has 0 atom stereocenters. The molecule has 0 bridgehead atoms. The van der Waals surface area contributed by atoms with Gasteiger partial charge in [0.1, 0.15) is 11.4 Å². The Labute approximate surface area is 213 Å². The minimum Gasteiger partial charge on any atom is -0.325 e. The fourth-order valence-electron chi connectivity index (χ4n) is 4.92. The highest BCUT2D eigenvalue weighted by Crippen LogP contribution is 2.34. The molecule has 2 aliphatic rings. The Balaban J connectivity index is 1.50. The van der Waals surface area contributed by atoms with E-state index in [1.165, 1.54) is 4.90 Å². The number of nitrogens with one attached hydrogen (secondary N) is 1. The van der Waals surface area contributed by atoms with Crippen molar-refractivity contribution in [3.63, 3.8) is 0 Å². The van der Waals surface area contributed by atoms with Crippen LogP contribution in [0.4, 0.5) is 21.1 Å². The van der Waals surface area contributed by atoms with Gasteiger partial charge in [0.2, 0.25) is 0 Å². The van der Waals surface area contributed by atoms with Crippen LogP contribution in [0.25, 0.3) is 0 Å². The summed E-state index contributed by atoms with van der Waals surface area (Å²) < 4.78 is 0. The average molecular weight is 492 g/mol. The van der Waals surface area contributed by atoms with Crippen LogP contribution in [0.5, 0.6) is 0 Å². The molecule has 8 nitrogen and oxygen atoms in total. The van der Waals surface area contributed by atoms with Crippen molar-refractivity contribution >= 4 is 29.5 Å². The Kier molecular flexibility index (Phi) is 6.82. The number of benzene rings is 1. The molecule has 36 heavy (non-hydrogen) atoms. The second-order valence-corrected chi connectivity index (χ2v) is 11.4. The van der Waals surface area contributed by atoms with Crippen molar-refractivity contribution in [3.05, 3.63) is 53.7 Å². The van der Waals surface area contributed by atoms with Crippen LogP contribution in [0, 0.1) is 0 Å². The van der Waals surface area contributed by atoms with Crippen LogP contribution in [0.1, 0.15) is 71.4 Å². The van der Waals surface area contributed by atoms with Crippen LogP contribution >= 0.6 is 0 Å². The number of imide groups is 1. The first-order valence-electron chi connectivity index (χ1n) is 12.6. The van der Waals surface area contributed by atoms with Gasteiger partial charge in [0.15, 0.2) is 0 Å². The van der Waals surface area contributed by atoms with Crippen molar-refractivity contribution < 1.29 is 14.4 Å². The van der Waals surface area contributed by atoms with Crippen LogP contribution in [0.2, 0.25) is 0 Å². The van der Waals surface area contributed by atoms with E-state index in [-0.39, 0.29) is 36.0 Å². The molecule has 5 amide bonds. The number of hydrogen-bond acceptors (Lipinski definition) is 4. The van der Waals surface area contributed by atoms with E-state index in [1.54, 1.807) is 42.0 Å². The summed E-state index contributed by atoms with van der Waals surface area (Å²) in [4.78, 5) is 48.3. The summed E-state index contributed by atoms with van der Waals surface area (Å²) in [5.41, 5.74) is 1.43. The van der Waals surface area contributed by atoms with Crippen molar-refractivity contribution in [1.82, 2.24) is 14.8 Å². The molecule has 0 unspecified atom stereocenters. The van der Waals surface area contributed by atoms with Gasteiger partial charge in [0, 0.05) is 25.8 Å². The van der Waals surface area contributed by atoms with E-state index in [0.29, 0.717) is 11.5 Å². The summed E-state index contributed by atoms with van der Waals surface area (Å²) >= 11 is 0. The third kappa shape index (κ3) is 4.94. The Morgan fingerprint density at radius 3 is 2.36 bits per heavy atom. The molecule has 1 aromatic carbocycles. The number of hydrogen-bond donors (Lipinski definition) is 1. The van der Waals surface area contributed by atoms with Crippen LogP contribution in [-0.4, -0.2) is 51.4 Å². The van der Waals surface area contributed by atoms with Crippen molar-refractivity contribution in [1.29, 1.82) is 0 Å². The summed E-state index contributed by atoms with van der Waals surface area (Å²) in [6.07, 6.45) is 5.94. The zero-order valence-corrected chi connectivity index (χ0v) is 22.2. The first kappa shape index (κ1) is 25.7. The van der Waals surface area contributed by atoms with Crippen molar-refractivity contribution in [2.24, 2.45) is 0 Å². The number of nitrogens with zero attached hydrogens (tertiary/aromatic N) is 4. The first-order chi connectivity index (χ1) is 16.9. The second kappa shape index (κ2) is 9.56. The number of carbonyl (C=O) groups excluding carboxylic acids is 3. The molecule has 2 aromatic rings. The van der Waals surface area contributed by atoms with Gasteiger partial charge in [0.25, 0.3) is 5.91 Å². The predicted octanol–water partition coefficient (Wildman–Crippen LogP) is 5.53. The summed E-state index contributed by atoms with van der Waals surface area (Å²) in [5, 5.41) is 2.87. The van der Waals surface area contributed by atoms with Crippen LogP contribution in [0.15, 0.2) is 42.6 Å². The maximum atomic E-state index is 13.5. The Morgan fingerprint density at radius 2 is 1.75 bits per heavy atom. The molecule has 192 valence electrons. The number of amides is 5. The minimum atomic E-state index is -1.02. The maximum Gasteiger partial charge on any atom is 0.332 e. The zero-order valence-electron chi connectivity index (χ0n) is 22.2. The van der Waals surface area contributed by atoms with Crippen molar-refractivity contribution in [2.45, 2.75) is 83.8 Å². The van der Waals surface area contributed by atoms with Gasteiger partial charge in [0.05, 0.1) is 5.69 Å². The highest BCUT2D eigenvalue weighted by Gasteiger charge is 2.51. The van der Waals surface area contributed by atoms with Crippen molar-refractivity contribution in [3.8, 4) is 0 Å². The molecule has 1 saturated heterocycles. The molecular formula is C28H37N5O3. The van der Waals surface area contributed by atoms with Gasteiger partial charge in [-0.1, -0.05) is 45.7 Å². The minimum absolute atomic E-state index is 0.0246. The molecule has 8 heteroatoms. The van der Waals surface area contributed by atoms with Gasteiger partial charge in [-0.25, -0.2) is 19.5 Å². The van der Waals surface area contributed by atoms with Gasteiger partial charge in [-0.3, -0.25) is 10.1 Å². The third-order valence-electron chi connectivity index (χ3n) is 7.41. The zero-order chi connectivity index (χ0) is 26.3. The molecular weight excluding hydrogens is 454 g/mol. The molecule has 1 aromatic heterocycles. The fraction of sp³-hybridized carbons (Fsp3) is 0.500. The lowest BCUT2D eigenvalue weighted by Gasteiger charge is -2.28. The molecule has 1 N–H and O–H groups in total. The molecule has 0 radical (unpaired) electrons. The van der Waals surface area contributed by atoms with E-state index >= 15 is 0 Å². The number of anilines is 2. The number of pyridine rings is 1. The third-order valence-corrected chi connectivity index (χ3v) is 7.41. The molecule has 2 fully saturated rings. The SMILES string of the molecule is CN(C(=O)Nc1cc(CN2C(=O)N(c3ccc(C(C)(C)C)cc3)C(=O)C2(C)C)ccn1)C1CCCC1. The summed E-state index contributed by atoms with van der Waals surface area (Å²) in [6.45, 7) is 10.1. The van der Waals surface area contributed by atoms with Crippen LogP contribution in [-0.2, 0) is 16.8 Å². The number of urea groups is 2. The number of aromatic nitrogens is 1. The first-order valence-corrected chi connectivity index (χ1v) is 12.6. The van der Waals surface area contributed by atoms with E-state index in [4.69, 9.17) is 0 Å². The number of rotatable bonds is 5. The predicted molar refractivity (Wildman–Crippen MR) is 141 cm³/mol. The average Bonchev–Trinajstić information content (AvgIpc) is 3.41. The van der Waals surface area contributed by atoms with Gasteiger partial charge >= 0.3 is 12.1 Å². The quantitative estimate of drug-likeness (QED) is 0.557. The lowest BCUT2D eigenvalue weighted by molar-refractivity contribution is -0.123. The largest absolute Gasteiger partial charge is 0.332 e. The van der Waals surface area contributed by atoms with Crippen molar-refractivity contribution in [2.75, 3.05) is 17.3 Å². The van der Waals surface area contributed by atoms with Crippen LogP contribution < -0.4 is 10.2 Å². The van der Waals surface area contributed by atoms with Gasteiger partial charge < -0.3 is 9.80 Å². The Morgan fingerprint density at radius 1 is 1.11 bits per heavy atom. The number of carbonyl (C=O) groups is 3. The van der Waals surface area contributed by atoms with E-state index in [0.717, 1.165) is 36.8 Å². The molecule has 1 saturated carbocycles. The smallest absolute Gasteiger partial charge is 0.325 e. The van der Waals surface area contributed by atoms with E-state index < -0.39 is 5.54 Å². The van der Waals surface area contributed by atoms with Crippen LogP contribution in [0.3, 0.4) is 0 Å². The van der Waals surface area contributed by atoms with Gasteiger partial charge in [-0.05, 0) is 67.5 Å². The Bertz CT molecular complexity index is 1150. The lowest BCUT2D eigenvalue weighted by Crippen LogP contribution is -2.43. The van der Waals surface area contributed by atoms with E-state index in [1.807, 2.05) is 31.3 Å². The second-order valence-electron chi connectivity index (χ2n) is 11.4. The Hall–Kier alpha value is -3.42.